The fourth-order valence-corrected chi connectivity index (χ4v) is 3.80. The molecule has 1 saturated carbocycles. The van der Waals surface area contributed by atoms with Gasteiger partial charge in [-0.2, -0.15) is 0 Å². The summed E-state index contributed by atoms with van der Waals surface area (Å²) in [4.78, 5) is 1.57. The topological polar surface area (TPSA) is 24.7 Å². The lowest BCUT2D eigenvalue weighted by atomic mass is 9.80. The molecule has 1 aromatic rings. The number of quaternary nitrogens is 1. The summed E-state index contributed by atoms with van der Waals surface area (Å²) in [6, 6.07) is 10.1. The highest BCUT2D eigenvalue weighted by Crippen LogP contribution is 2.40. The monoisotopic (exact) mass is 284 g/mol. The van der Waals surface area contributed by atoms with Crippen LogP contribution in [0.1, 0.15) is 44.1 Å². The van der Waals surface area contributed by atoms with Gasteiger partial charge in [0, 0.05) is 18.8 Å². The highest BCUT2D eigenvalue weighted by Gasteiger charge is 2.38. The number of hydrogen-bond donors (Lipinski definition) is 2. The molecule has 1 aliphatic heterocycles. The van der Waals surface area contributed by atoms with Gasteiger partial charge >= 0.3 is 0 Å². The summed E-state index contributed by atoms with van der Waals surface area (Å²) in [5, 5.41) is 11.3. The van der Waals surface area contributed by atoms with Crippen LogP contribution in [0.5, 0.6) is 0 Å². The van der Waals surface area contributed by atoms with E-state index < -0.39 is 5.60 Å². The quantitative estimate of drug-likeness (QED) is 0.812. The Hall–Kier alpha value is -1.30. The van der Waals surface area contributed by atoms with Crippen molar-refractivity contribution in [2.24, 2.45) is 5.92 Å². The molecule has 2 N–H and O–H groups in total. The molecule has 3 rings (SSSR count). The van der Waals surface area contributed by atoms with Gasteiger partial charge in [-0.05, 0) is 24.3 Å². The van der Waals surface area contributed by atoms with Crippen LogP contribution >= 0.6 is 0 Å². The van der Waals surface area contributed by atoms with Gasteiger partial charge < -0.3 is 10.0 Å². The molecule has 1 heterocycles. The van der Waals surface area contributed by atoms with Crippen LogP contribution in [-0.4, -0.2) is 24.7 Å². The summed E-state index contributed by atoms with van der Waals surface area (Å²) in [5.41, 5.74) is 0.0255. The molecular formula is C19H26NO+. The normalized spacial score (nSPS) is 22.7. The van der Waals surface area contributed by atoms with Gasteiger partial charge in [0.2, 0.25) is 0 Å². The number of nitrogens with one attached hydrogen (secondary N) is 1. The summed E-state index contributed by atoms with van der Waals surface area (Å²) in [6.45, 7) is 3.35. The van der Waals surface area contributed by atoms with E-state index >= 15 is 0 Å². The maximum atomic E-state index is 11.3. The van der Waals surface area contributed by atoms with E-state index in [1.54, 1.807) is 4.90 Å². The Morgan fingerprint density at radius 1 is 1.05 bits per heavy atom. The van der Waals surface area contributed by atoms with Crippen LogP contribution in [0, 0.1) is 17.8 Å². The van der Waals surface area contributed by atoms with Gasteiger partial charge in [0.05, 0.1) is 13.1 Å². The average molecular weight is 284 g/mol. The fraction of sp³-hybridized carbons (Fsp3) is 0.579. The fourth-order valence-electron chi connectivity index (χ4n) is 3.80. The number of likely N-dealkylation sites (tertiary alicyclic amines) is 1. The Bertz CT molecular complexity index is 503. The van der Waals surface area contributed by atoms with E-state index in [0.29, 0.717) is 5.92 Å². The molecular weight excluding hydrogens is 258 g/mol. The first-order chi connectivity index (χ1) is 10.3. The van der Waals surface area contributed by atoms with E-state index in [2.05, 4.69) is 11.8 Å². The molecule has 0 spiro atoms. The summed E-state index contributed by atoms with van der Waals surface area (Å²) in [7, 11) is 0. The van der Waals surface area contributed by atoms with Gasteiger partial charge in [-0.15, -0.1) is 0 Å². The lowest BCUT2D eigenvalue weighted by molar-refractivity contribution is -0.879. The molecule has 1 saturated heterocycles. The van der Waals surface area contributed by atoms with Crippen LogP contribution in [0.4, 0.5) is 0 Å². The highest BCUT2D eigenvalue weighted by atomic mass is 16.3. The Kier molecular flexibility index (Phi) is 4.63. The molecule has 0 unspecified atom stereocenters. The van der Waals surface area contributed by atoms with Crippen molar-refractivity contribution in [3.05, 3.63) is 35.9 Å². The third-order valence-corrected chi connectivity index (χ3v) is 5.09. The lowest BCUT2D eigenvalue weighted by Gasteiger charge is -2.29. The smallest absolute Gasteiger partial charge is 0.153 e. The molecule has 0 amide bonds. The molecule has 0 bridgehead atoms. The largest absolute Gasteiger partial charge is 0.373 e. The number of aliphatic hydroxyl groups is 1. The second kappa shape index (κ2) is 6.64. The predicted molar refractivity (Wildman–Crippen MR) is 84.9 cm³/mol. The van der Waals surface area contributed by atoms with Crippen molar-refractivity contribution in [3.63, 3.8) is 0 Å². The Morgan fingerprint density at radius 2 is 1.71 bits per heavy atom. The Morgan fingerprint density at radius 3 is 2.38 bits per heavy atom. The van der Waals surface area contributed by atoms with E-state index in [4.69, 9.17) is 0 Å². The van der Waals surface area contributed by atoms with Crippen LogP contribution in [0.2, 0.25) is 0 Å². The minimum absolute atomic E-state index is 0.293. The Labute approximate surface area is 128 Å². The third-order valence-electron chi connectivity index (χ3n) is 5.09. The second-order valence-corrected chi connectivity index (χ2v) is 6.55. The first-order valence-electron chi connectivity index (χ1n) is 8.40. The van der Waals surface area contributed by atoms with E-state index in [0.717, 1.165) is 24.9 Å². The van der Waals surface area contributed by atoms with Gasteiger partial charge in [-0.1, -0.05) is 49.1 Å². The van der Waals surface area contributed by atoms with Crippen LogP contribution < -0.4 is 4.90 Å². The van der Waals surface area contributed by atoms with Crippen molar-refractivity contribution < 1.29 is 10.0 Å². The molecule has 1 aromatic carbocycles. The summed E-state index contributed by atoms with van der Waals surface area (Å²) in [6.07, 6.45) is 7.27. The van der Waals surface area contributed by atoms with Crippen molar-refractivity contribution in [1.82, 2.24) is 0 Å². The van der Waals surface area contributed by atoms with E-state index in [-0.39, 0.29) is 0 Å². The molecule has 0 radical (unpaired) electrons. The minimum atomic E-state index is -0.947. The summed E-state index contributed by atoms with van der Waals surface area (Å²) in [5.74, 6) is 6.86. The van der Waals surface area contributed by atoms with Crippen molar-refractivity contribution in [1.29, 1.82) is 0 Å². The molecule has 21 heavy (non-hydrogen) atoms. The van der Waals surface area contributed by atoms with Gasteiger partial charge in [0.25, 0.3) is 0 Å². The first-order valence-corrected chi connectivity index (χ1v) is 8.40. The molecule has 1 atom stereocenters. The van der Waals surface area contributed by atoms with Gasteiger partial charge in [0.15, 0.2) is 5.60 Å². The van der Waals surface area contributed by atoms with Gasteiger partial charge in [0.1, 0.15) is 6.54 Å². The number of hydrogen-bond acceptors (Lipinski definition) is 1. The van der Waals surface area contributed by atoms with Crippen molar-refractivity contribution in [2.45, 2.75) is 44.1 Å². The van der Waals surface area contributed by atoms with Crippen LogP contribution in [0.3, 0.4) is 0 Å². The second-order valence-electron chi connectivity index (χ2n) is 6.55. The van der Waals surface area contributed by atoms with E-state index in [9.17, 15) is 5.11 Å². The zero-order valence-electron chi connectivity index (χ0n) is 12.8. The zero-order chi connectivity index (χ0) is 14.5. The SMILES string of the molecule is O[C@@](C#CC[NH+]1CCCC1)(c1ccccc1)C1CCCC1. The lowest BCUT2D eigenvalue weighted by Crippen LogP contribution is -3.09. The first kappa shape index (κ1) is 14.6. The van der Waals surface area contributed by atoms with E-state index in [1.165, 1.54) is 38.8 Å². The molecule has 0 aromatic heterocycles. The van der Waals surface area contributed by atoms with Gasteiger partial charge in [-0.25, -0.2) is 0 Å². The van der Waals surface area contributed by atoms with Gasteiger partial charge in [-0.3, -0.25) is 0 Å². The third kappa shape index (κ3) is 3.31. The number of benzene rings is 1. The standard InChI is InChI=1S/C19H25NO/c21-19(18-11-4-5-12-18,17-9-2-1-3-10-17)13-8-16-20-14-6-7-15-20/h1-3,9-10,18,21H,4-7,11-12,14-16H2/p+1/t19-/m0/s1. The minimum Gasteiger partial charge on any atom is -0.373 e. The maximum Gasteiger partial charge on any atom is 0.153 e. The molecule has 2 heteroatoms. The predicted octanol–water partition coefficient (Wildman–Crippen LogP) is 1.75. The highest BCUT2D eigenvalue weighted by molar-refractivity contribution is 5.33. The average Bonchev–Trinajstić information content (AvgIpc) is 3.21. The summed E-state index contributed by atoms with van der Waals surface area (Å²) < 4.78 is 0. The number of rotatable bonds is 3. The molecule has 2 aliphatic rings. The Balaban J connectivity index is 1.80. The van der Waals surface area contributed by atoms with Crippen LogP contribution in [0.25, 0.3) is 0 Å². The van der Waals surface area contributed by atoms with Crippen LogP contribution in [0.15, 0.2) is 30.3 Å². The maximum absolute atomic E-state index is 11.3. The summed E-state index contributed by atoms with van der Waals surface area (Å²) >= 11 is 0. The molecule has 112 valence electrons. The van der Waals surface area contributed by atoms with E-state index in [1.807, 2.05) is 30.3 Å². The molecule has 2 nitrogen and oxygen atoms in total. The molecule has 1 aliphatic carbocycles. The van der Waals surface area contributed by atoms with Crippen molar-refractivity contribution in [2.75, 3.05) is 19.6 Å². The molecule has 2 fully saturated rings. The zero-order valence-corrected chi connectivity index (χ0v) is 12.8. The van der Waals surface area contributed by atoms with Crippen molar-refractivity contribution in [3.8, 4) is 11.8 Å². The van der Waals surface area contributed by atoms with Crippen molar-refractivity contribution >= 4 is 0 Å². The van der Waals surface area contributed by atoms with Crippen LogP contribution in [-0.2, 0) is 5.60 Å².